The summed E-state index contributed by atoms with van der Waals surface area (Å²) in [5, 5.41) is 27.9. The number of nitrogens with one attached hydrogen (secondary N) is 2. The van der Waals surface area contributed by atoms with Crippen LogP contribution in [-0.2, 0) is 17.8 Å². The van der Waals surface area contributed by atoms with Gasteiger partial charge in [-0.15, -0.1) is 0 Å². The largest absolute Gasteiger partial charge is 0.388 e. The number of ether oxygens (including phenoxy) is 1. The molecule has 0 aromatic carbocycles. The third-order valence-corrected chi connectivity index (χ3v) is 5.34. The fraction of sp³-hybridized carbons (Fsp3) is 0.579. The van der Waals surface area contributed by atoms with E-state index in [-0.39, 0.29) is 13.2 Å². The van der Waals surface area contributed by atoms with Gasteiger partial charge in [0, 0.05) is 24.0 Å². The van der Waals surface area contributed by atoms with Crippen molar-refractivity contribution in [1.29, 1.82) is 0 Å². The molecule has 0 saturated carbocycles. The van der Waals surface area contributed by atoms with Crippen molar-refractivity contribution >= 4 is 5.91 Å². The van der Waals surface area contributed by atoms with Gasteiger partial charge in [-0.25, -0.2) is 4.79 Å². The van der Waals surface area contributed by atoms with Crippen LogP contribution in [0.1, 0.15) is 35.1 Å². The summed E-state index contributed by atoms with van der Waals surface area (Å²) < 4.78 is 8.62. The molecule has 30 heavy (non-hydrogen) atoms. The van der Waals surface area contributed by atoms with E-state index in [1.54, 1.807) is 18.5 Å². The summed E-state index contributed by atoms with van der Waals surface area (Å²) in [4.78, 5) is 38.1. The maximum Gasteiger partial charge on any atom is 0.328 e. The Morgan fingerprint density at radius 3 is 2.73 bits per heavy atom. The molecule has 1 amide bonds. The lowest BCUT2D eigenvalue weighted by atomic mass is 9.97. The van der Waals surface area contributed by atoms with Gasteiger partial charge in [-0.2, -0.15) is 5.10 Å². The molecule has 11 nitrogen and oxygen atoms in total. The van der Waals surface area contributed by atoms with Crippen LogP contribution in [0.3, 0.4) is 0 Å². The molecule has 3 heterocycles. The minimum atomic E-state index is -1.34. The van der Waals surface area contributed by atoms with Gasteiger partial charge in [0.25, 0.3) is 11.5 Å². The number of carbonyl (C=O) groups excluding carboxylic acids is 1. The fourth-order valence-corrected chi connectivity index (χ4v) is 3.57. The molecule has 4 N–H and O–H groups in total. The summed E-state index contributed by atoms with van der Waals surface area (Å²) in [6.45, 7) is 5.99. The first-order chi connectivity index (χ1) is 14.2. The second kappa shape index (κ2) is 8.94. The predicted molar refractivity (Wildman–Crippen MR) is 106 cm³/mol. The number of aliphatic hydroxyl groups is 2. The Kier molecular flexibility index (Phi) is 6.54. The summed E-state index contributed by atoms with van der Waals surface area (Å²) in [6, 6.07) is 0.433. The highest BCUT2D eigenvalue weighted by atomic mass is 16.5. The highest BCUT2D eigenvalue weighted by molar-refractivity contribution is 5.95. The number of amides is 1. The molecule has 2 aromatic rings. The van der Waals surface area contributed by atoms with Crippen LogP contribution < -0.4 is 16.6 Å². The van der Waals surface area contributed by atoms with Crippen LogP contribution in [0.5, 0.6) is 0 Å². The normalized spacial score (nSPS) is 24.0. The SMILES string of the molecule is CCCn1ncc(C(=O)N[C@@H]2CO[C@H](Cn3c(C)cc(=O)[nH]c3=O)[C@@H](O)[C@H]2O)c1C. The standard InChI is InChI=1S/C19H27N5O6/c1-4-5-24-11(3)12(7-20-24)18(28)21-13-9-30-14(17(27)16(13)26)8-23-10(2)6-15(25)22-19(23)29/h6-7,13-14,16-17,26-27H,4-5,8-9H2,1-3H3,(H,21,28)(H,22,25,29)/t13-,14-,16+,17-/m1/s1. The summed E-state index contributed by atoms with van der Waals surface area (Å²) >= 11 is 0. The Morgan fingerprint density at radius 1 is 1.33 bits per heavy atom. The zero-order valence-electron chi connectivity index (χ0n) is 17.2. The van der Waals surface area contributed by atoms with Crippen LogP contribution in [0, 0.1) is 13.8 Å². The third-order valence-electron chi connectivity index (χ3n) is 5.34. The van der Waals surface area contributed by atoms with Crippen molar-refractivity contribution < 1.29 is 19.7 Å². The zero-order chi connectivity index (χ0) is 22.0. The average Bonchev–Trinajstić information content (AvgIpc) is 3.04. The van der Waals surface area contributed by atoms with Crippen molar-refractivity contribution in [1.82, 2.24) is 24.6 Å². The highest BCUT2D eigenvalue weighted by Gasteiger charge is 2.39. The quantitative estimate of drug-likeness (QED) is 0.451. The highest BCUT2D eigenvalue weighted by Crippen LogP contribution is 2.18. The molecule has 0 aliphatic carbocycles. The molecule has 164 valence electrons. The number of hydrogen-bond donors (Lipinski definition) is 4. The maximum absolute atomic E-state index is 12.6. The average molecular weight is 421 g/mol. The van der Waals surface area contributed by atoms with E-state index in [4.69, 9.17) is 4.74 Å². The number of H-pyrrole nitrogens is 1. The summed E-state index contributed by atoms with van der Waals surface area (Å²) in [5.74, 6) is -0.416. The Balaban J connectivity index is 1.67. The van der Waals surface area contributed by atoms with Crippen molar-refractivity contribution in [3.05, 3.63) is 50.1 Å². The molecule has 3 rings (SSSR count). The van der Waals surface area contributed by atoms with Gasteiger partial charge in [-0.3, -0.25) is 23.8 Å². The van der Waals surface area contributed by atoms with E-state index in [0.717, 1.165) is 6.42 Å². The molecule has 11 heteroatoms. The number of rotatable bonds is 6. The topological polar surface area (TPSA) is 151 Å². The molecule has 0 bridgehead atoms. The van der Waals surface area contributed by atoms with Crippen LogP contribution in [0.2, 0.25) is 0 Å². The van der Waals surface area contributed by atoms with E-state index in [2.05, 4.69) is 15.4 Å². The molecule has 0 radical (unpaired) electrons. The molecule has 4 atom stereocenters. The molecule has 1 saturated heterocycles. The van der Waals surface area contributed by atoms with Gasteiger partial charge in [-0.1, -0.05) is 6.92 Å². The smallest absolute Gasteiger partial charge is 0.328 e. The van der Waals surface area contributed by atoms with E-state index in [1.807, 2.05) is 6.92 Å². The van der Waals surface area contributed by atoms with Gasteiger partial charge in [0.1, 0.15) is 18.3 Å². The van der Waals surface area contributed by atoms with E-state index in [1.165, 1.54) is 16.8 Å². The maximum atomic E-state index is 12.6. The van der Waals surface area contributed by atoms with Gasteiger partial charge in [-0.05, 0) is 20.3 Å². The van der Waals surface area contributed by atoms with Gasteiger partial charge < -0.3 is 20.3 Å². The van der Waals surface area contributed by atoms with Gasteiger partial charge in [0.2, 0.25) is 0 Å². The van der Waals surface area contributed by atoms with E-state index in [9.17, 15) is 24.6 Å². The number of aryl methyl sites for hydroxylation is 2. The molecular weight excluding hydrogens is 394 g/mol. The first-order valence-corrected chi connectivity index (χ1v) is 9.84. The summed E-state index contributed by atoms with van der Waals surface area (Å²) in [6.07, 6.45) is -1.17. The van der Waals surface area contributed by atoms with Crippen LogP contribution in [0.4, 0.5) is 0 Å². The first kappa shape index (κ1) is 21.9. The second-order valence-electron chi connectivity index (χ2n) is 7.49. The van der Waals surface area contributed by atoms with Crippen LogP contribution >= 0.6 is 0 Å². The van der Waals surface area contributed by atoms with Crippen LogP contribution in [0.15, 0.2) is 21.9 Å². The monoisotopic (exact) mass is 421 g/mol. The Labute approximate surface area is 172 Å². The molecule has 1 aliphatic rings. The van der Waals surface area contributed by atoms with E-state index < -0.39 is 41.5 Å². The number of carbonyl (C=O) groups is 1. The summed E-state index contributed by atoms with van der Waals surface area (Å²) in [5.41, 5.74) is 0.373. The molecule has 0 unspecified atom stereocenters. The lowest BCUT2D eigenvalue weighted by Gasteiger charge is -2.38. The second-order valence-corrected chi connectivity index (χ2v) is 7.49. The Hall–Kier alpha value is -2.76. The molecular formula is C19H27N5O6. The lowest BCUT2D eigenvalue weighted by molar-refractivity contribution is -0.152. The van der Waals surface area contributed by atoms with Gasteiger partial charge in [0.05, 0.1) is 31.0 Å². The Morgan fingerprint density at radius 2 is 2.07 bits per heavy atom. The number of aromatic nitrogens is 4. The molecule has 2 aromatic heterocycles. The first-order valence-electron chi connectivity index (χ1n) is 9.84. The Bertz CT molecular complexity index is 1030. The minimum Gasteiger partial charge on any atom is -0.388 e. The van der Waals surface area contributed by atoms with Crippen LogP contribution in [0.25, 0.3) is 0 Å². The van der Waals surface area contributed by atoms with Crippen molar-refractivity contribution in [3.63, 3.8) is 0 Å². The van der Waals surface area contributed by atoms with Gasteiger partial charge >= 0.3 is 5.69 Å². The predicted octanol–water partition coefficient (Wildman–Crippen LogP) is -1.32. The van der Waals surface area contributed by atoms with Gasteiger partial charge in [0.15, 0.2) is 0 Å². The molecule has 1 aliphatic heterocycles. The fourth-order valence-electron chi connectivity index (χ4n) is 3.57. The zero-order valence-corrected chi connectivity index (χ0v) is 17.2. The number of hydrogen-bond acceptors (Lipinski definition) is 7. The summed E-state index contributed by atoms with van der Waals surface area (Å²) in [7, 11) is 0. The number of aromatic amines is 1. The lowest BCUT2D eigenvalue weighted by Crippen LogP contribution is -2.60. The van der Waals surface area contributed by atoms with Crippen LogP contribution in [-0.4, -0.2) is 66.4 Å². The minimum absolute atomic E-state index is 0.0477. The third kappa shape index (κ3) is 4.37. The van der Waals surface area contributed by atoms with E-state index in [0.29, 0.717) is 23.5 Å². The number of nitrogens with zero attached hydrogens (tertiary/aromatic N) is 3. The van der Waals surface area contributed by atoms with Crippen molar-refractivity contribution in [2.75, 3.05) is 6.61 Å². The van der Waals surface area contributed by atoms with Crippen molar-refractivity contribution in [2.45, 2.75) is 64.6 Å². The van der Waals surface area contributed by atoms with Crippen molar-refractivity contribution in [2.24, 2.45) is 0 Å². The number of aliphatic hydroxyl groups excluding tert-OH is 2. The van der Waals surface area contributed by atoms with E-state index >= 15 is 0 Å². The van der Waals surface area contributed by atoms with Crippen molar-refractivity contribution in [3.8, 4) is 0 Å². The molecule has 1 fully saturated rings. The molecule has 0 spiro atoms.